The third-order valence-corrected chi connectivity index (χ3v) is 4.15. The second kappa shape index (κ2) is 9.21. The minimum atomic E-state index is -0.904. The molecule has 0 radical (unpaired) electrons. The van der Waals surface area contributed by atoms with Crippen LogP contribution in [0.4, 0.5) is 11.4 Å². The Kier molecular flexibility index (Phi) is 6.98. The normalized spacial score (nSPS) is 12.7. The van der Waals surface area contributed by atoms with Crippen molar-refractivity contribution in [3.63, 3.8) is 0 Å². The Labute approximate surface area is 159 Å². The van der Waals surface area contributed by atoms with Crippen molar-refractivity contribution < 1.29 is 19.7 Å². The first-order chi connectivity index (χ1) is 12.8. The number of para-hydroxylation sites is 3. The second-order valence-electron chi connectivity index (χ2n) is 6.74. The molecule has 0 aliphatic rings. The van der Waals surface area contributed by atoms with Crippen LogP contribution in [0.1, 0.15) is 25.5 Å². The van der Waals surface area contributed by atoms with Gasteiger partial charge in [0.05, 0.1) is 24.1 Å². The number of nitrogens with one attached hydrogen (secondary N) is 1. The van der Waals surface area contributed by atoms with Crippen molar-refractivity contribution in [2.75, 3.05) is 24.3 Å². The molecule has 2 aromatic rings. The second-order valence-corrected chi connectivity index (χ2v) is 6.74. The van der Waals surface area contributed by atoms with E-state index in [4.69, 9.17) is 15.6 Å². The van der Waals surface area contributed by atoms with Crippen LogP contribution in [-0.2, 0) is 4.79 Å². The maximum absolute atomic E-state index is 12.2. The number of nitrogen functional groups attached to an aromatic ring is 1. The Bertz CT molecular complexity index is 802. The van der Waals surface area contributed by atoms with E-state index in [2.05, 4.69) is 5.32 Å². The van der Waals surface area contributed by atoms with E-state index in [0.29, 0.717) is 22.7 Å². The first-order valence-electron chi connectivity index (χ1n) is 8.70. The fraction of sp³-hybridized carbons (Fsp3) is 0.286. The molecule has 1 atom stereocenters. The summed E-state index contributed by atoms with van der Waals surface area (Å²) in [7, 11) is 0. The molecule has 0 saturated carbocycles. The predicted molar refractivity (Wildman–Crippen MR) is 106 cm³/mol. The summed E-state index contributed by atoms with van der Waals surface area (Å²) in [5, 5.41) is 22.5. The van der Waals surface area contributed by atoms with Crippen molar-refractivity contribution in [2.24, 2.45) is 5.41 Å². The fourth-order valence-corrected chi connectivity index (χ4v) is 2.56. The lowest BCUT2D eigenvalue weighted by molar-refractivity contribution is -0.112. The zero-order valence-electron chi connectivity index (χ0n) is 15.6. The lowest BCUT2D eigenvalue weighted by Gasteiger charge is -2.29. The lowest BCUT2D eigenvalue weighted by atomic mass is 9.82. The average molecular weight is 370 g/mol. The summed E-state index contributed by atoms with van der Waals surface area (Å²) in [6.45, 7) is 3.67. The third-order valence-electron chi connectivity index (χ3n) is 4.15. The van der Waals surface area contributed by atoms with Crippen LogP contribution >= 0.6 is 0 Å². The van der Waals surface area contributed by atoms with Gasteiger partial charge in [-0.25, -0.2) is 0 Å². The topological polar surface area (TPSA) is 105 Å². The molecule has 0 fully saturated rings. The van der Waals surface area contributed by atoms with E-state index < -0.39 is 11.5 Å². The highest BCUT2D eigenvalue weighted by Gasteiger charge is 2.29. The van der Waals surface area contributed by atoms with Gasteiger partial charge in [-0.15, -0.1) is 0 Å². The highest BCUT2D eigenvalue weighted by atomic mass is 16.5. The van der Waals surface area contributed by atoms with Crippen molar-refractivity contribution in [1.29, 1.82) is 0 Å². The van der Waals surface area contributed by atoms with Gasteiger partial charge in [0.25, 0.3) is 0 Å². The number of anilines is 2. The number of hydrogen-bond donors (Lipinski definition) is 4. The number of rotatable bonds is 8. The van der Waals surface area contributed by atoms with Crippen molar-refractivity contribution in [1.82, 2.24) is 0 Å². The number of carbonyl (C=O) groups is 1. The number of benzene rings is 2. The maximum Gasteiger partial charge on any atom is 0.248 e. The quantitative estimate of drug-likeness (QED) is 0.422. The van der Waals surface area contributed by atoms with Crippen LogP contribution in [0, 0.1) is 5.41 Å². The Morgan fingerprint density at radius 3 is 2.59 bits per heavy atom. The molecule has 0 aliphatic carbocycles. The van der Waals surface area contributed by atoms with Gasteiger partial charge in [0.2, 0.25) is 5.91 Å². The van der Waals surface area contributed by atoms with Crippen molar-refractivity contribution >= 4 is 17.3 Å². The van der Waals surface area contributed by atoms with Crippen LogP contribution < -0.4 is 15.8 Å². The van der Waals surface area contributed by atoms with Crippen LogP contribution in [0.15, 0.2) is 60.7 Å². The Morgan fingerprint density at radius 1 is 1.22 bits per heavy atom. The fourth-order valence-electron chi connectivity index (χ4n) is 2.56. The SMILES string of the molecule is CC(C)(/C=C/C(=O)Nc1ccccc1N)[C@H](O)c1ccccc1OCCO. The van der Waals surface area contributed by atoms with Gasteiger partial charge in [-0.2, -0.15) is 0 Å². The van der Waals surface area contributed by atoms with Crippen molar-refractivity contribution in [3.8, 4) is 5.75 Å². The highest BCUT2D eigenvalue weighted by molar-refractivity contribution is 6.01. The molecule has 6 nitrogen and oxygen atoms in total. The van der Waals surface area contributed by atoms with Gasteiger partial charge >= 0.3 is 0 Å². The predicted octanol–water partition coefficient (Wildman–Crippen LogP) is 2.89. The molecule has 144 valence electrons. The van der Waals surface area contributed by atoms with E-state index in [1.54, 1.807) is 54.6 Å². The number of carbonyl (C=O) groups excluding carboxylic acids is 1. The van der Waals surface area contributed by atoms with Gasteiger partial charge in [0, 0.05) is 11.0 Å². The van der Waals surface area contributed by atoms with Crippen molar-refractivity contribution in [2.45, 2.75) is 20.0 Å². The first kappa shape index (κ1) is 20.5. The molecule has 0 unspecified atom stereocenters. The summed E-state index contributed by atoms with van der Waals surface area (Å²) in [5.74, 6) is 0.167. The lowest BCUT2D eigenvalue weighted by Crippen LogP contribution is -2.21. The molecule has 0 bridgehead atoms. The first-order valence-corrected chi connectivity index (χ1v) is 8.70. The molecule has 2 rings (SSSR count). The van der Waals surface area contributed by atoms with Gasteiger partial charge in [-0.3, -0.25) is 4.79 Å². The monoisotopic (exact) mass is 370 g/mol. The molecule has 0 spiro atoms. The number of hydrogen-bond acceptors (Lipinski definition) is 5. The van der Waals surface area contributed by atoms with Gasteiger partial charge in [-0.1, -0.05) is 50.3 Å². The van der Waals surface area contributed by atoms with Crippen LogP contribution in [0.2, 0.25) is 0 Å². The summed E-state index contributed by atoms with van der Waals surface area (Å²) < 4.78 is 5.49. The standard InChI is InChI=1S/C21H26N2O4/c1-21(2,12-11-19(25)23-17-9-5-4-8-16(17)22)20(26)15-7-3-6-10-18(15)27-14-13-24/h3-12,20,24,26H,13-14,22H2,1-2H3,(H,23,25)/b12-11+/t20-/m1/s1. The number of nitrogens with two attached hydrogens (primary N) is 1. The molecule has 1 amide bonds. The van der Waals surface area contributed by atoms with E-state index in [-0.39, 0.29) is 19.1 Å². The molecule has 27 heavy (non-hydrogen) atoms. The molecular formula is C21H26N2O4. The number of amides is 1. The summed E-state index contributed by atoms with van der Waals surface area (Å²) in [4.78, 5) is 12.2. The molecule has 0 saturated heterocycles. The Balaban J connectivity index is 2.12. The highest BCUT2D eigenvalue weighted by Crippen LogP contribution is 2.38. The molecular weight excluding hydrogens is 344 g/mol. The van der Waals surface area contributed by atoms with Gasteiger partial charge in [0.1, 0.15) is 12.4 Å². The average Bonchev–Trinajstić information content (AvgIpc) is 2.66. The molecule has 0 aliphatic heterocycles. The summed E-state index contributed by atoms with van der Waals surface area (Å²) >= 11 is 0. The smallest absolute Gasteiger partial charge is 0.248 e. The van der Waals surface area contributed by atoms with Gasteiger partial charge in [0.15, 0.2) is 0 Å². The molecule has 5 N–H and O–H groups in total. The van der Waals surface area contributed by atoms with E-state index >= 15 is 0 Å². The zero-order chi connectivity index (χ0) is 19.9. The molecule has 0 aromatic heterocycles. The van der Waals surface area contributed by atoms with Crippen LogP contribution in [0.3, 0.4) is 0 Å². The maximum atomic E-state index is 12.2. The van der Waals surface area contributed by atoms with Gasteiger partial charge in [-0.05, 0) is 24.3 Å². The van der Waals surface area contributed by atoms with E-state index in [0.717, 1.165) is 0 Å². The summed E-state index contributed by atoms with van der Waals surface area (Å²) in [5.41, 5.74) is 6.69. The van der Waals surface area contributed by atoms with Crippen LogP contribution in [0.25, 0.3) is 0 Å². The van der Waals surface area contributed by atoms with Crippen molar-refractivity contribution in [3.05, 3.63) is 66.2 Å². The minimum absolute atomic E-state index is 0.115. The largest absolute Gasteiger partial charge is 0.491 e. The van der Waals surface area contributed by atoms with Gasteiger partial charge < -0.3 is 26.0 Å². The Hall–Kier alpha value is -2.83. The van der Waals surface area contributed by atoms with Crippen LogP contribution in [-0.4, -0.2) is 29.3 Å². The number of ether oxygens (including phenoxy) is 1. The molecule has 2 aromatic carbocycles. The minimum Gasteiger partial charge on any atom is -0.491 e. The zero-order valence-corrected chi connectivity index (χ0v) is 15.6. The van der Waals surface area contributed by atoms with E-state index in [1.807, 2.05) is 13.8 Å². The van der Waals surface area contributed by atoms with E-state index in [1.165, 1.54) is 6.08 Å². The molecule has 0 heterocycles. The summed E-state index contributed by atoms with van der Waals surface area (Å²) in [6.07, 6.45) is 2.13. The number of aliphatic hydroxyl groups is 2. The number of aliphatic hydroxyl groups excluding tert-OH is 2. The Morgan fingerprint density at radius 2 is 1.89 bits per heavy atom. The van der Waals surface area contributed by atoms with Crippen LogP contribution in [0.5, 0.6) is 5.75 Å². The molecule has 6 heteroatoms. The van der Waals surface area contributed by atoms with E-state index in [9.17, 15) is 9.90 Å². The summed E-state index contributed by atoms with van der Waals surface area (Å²) in [6, 6.07) is 14.1. The third kappa shape index (κ3) is 5.57.